The van der Waals surface area contributed by atoms with E-state index in [-0.39, 0.29) is 49.6 Å². The molecular weight excluding hydrogens is 560 g/mol. The van der Waals surface area contributed by atoms with E-state index in [1.807, 2.05) is 6.08 Å². The van der Waals surface area contributed by atoms with Gasteiger partial charge in [-0.15, -0.1) is 0 Å². The predicted molar refractivity (Wildman–Crippen MR) is 174 cm³/mol. The molecule has 0 spiro atoms. The van der Waals surface area contributed by atoms with Gasteiger partial charge in [0, 0.05) is 31.1 Å². The van der Waals surface area contributed by atoms with Crippen LogP contribution in [0.2, 0.25) is 0 Å². The fourth-order valence-corrected chi connectivity index (χ4v) is 5.78. The SMILES string of the molecule is CCCCC[C@H](O)/C=C/[C@H]1[C@H](O)CC(=O)[C@@H]1CCCCCCC(=O)OC[C@@H](O)COC(=O)CCCCCCCCC(C)CC. The number of carbonyl (C=O) groups excluding carboxylic acids is 3. The van der Waals surface area contributed by atoms with Crippen LogP contribution in [0.25, 0.3) is 0 Å². The van der Waals surface area contributed by atoms with Gasteiger partial charge in [-0.25, -0.2) is 0 Å². The molecule has 0 aromatic heterocycles. The van der Waals surface area contributed by atoms with Crippen molar-refractivity contribution in [3.05, 3.63) is 12.2 Å². The Kier molecular flexibility index (Phi) is 23.3. The monoisotopic (exact) mass is 624 g/mol. The molecule has 0 radical (unpaired) electrons. The molecule has 1 fully saturated rings. The van der Waals surface area contributed by atoms with Gasteiger partial charge in [-0.05, 0) is 31.6 Å². The summed E-state index contributed by atoms with van der Waals surface area (Å²) < 4.78 is 10.2. The van der Waals surface area contributed by atoms with E-state index in [0.717, 1.165) is 63.7 Å². The fraction of sp³-hybridized carbons (Fsp3) is 0.861. The van der Waals surface area contributed by atoms with Crippen LogP contribution in [0.4, 0.5) is 0 Å². The number of aliphatic hydroxyl groups excluding tert-OH is 3. The van der Waals surface area contributed by atoms with Crippen molar-refractivity contribution in [1.29, 1.82) is 0 Å². The molecule has 1 rings (SSSR count). The highest BCUT2D eigenvalue weighted by Gasteiger charge is 2.39. The maximum Gasteiger partial charge on any atom is 0.305 e. The van der Waals surface area contributed by atoms with Crippen molar-refractivity contribution in [3.63, 3.8) is 0 Å². The average molecular weight is 625 g/mol. The summed E-state index contributed by atoms with van der Waals surface area (Å²) in [7, 11) is 0. The van der Waals surface area contributed by atoms with Crippen LogP contribution in [-0.2, 0) is 23.9 Å². The average Bonchev–Trinajstić information content (AvgIpc) is 3.27. The highest BCUT2D eigenvalue weighted by molar-refractivity contribution is 5.84. The zero-order valence-corrected chi connectivity index (χ0v) is 28.1. The lowest BCUT2D eigenvalue weighted by Gasteiger charge is -2.18. The van der Waals surface area contributed by atoms with Gasteiger partial charge in [0.25, 0.3) is 0 Å². The summed E-state index contributed by atoms with van der Waals surface area (Å²) in [5.41, 5.74) is 0. The molecule has 1 unspecified atom stereocenters. The largest absolute Gasteiger partial charge is 0.463 e. The summed E-state index contributed by atoms with van der Waals surface area (Å²) in [4.78, 5) is 36.4. The molecule has 0 aliphatic heterocycles. The lowest BCUT2D eigenvalue weighted by atomic mass is 9.88. The number of rotatable bonds is 27. The maximum atomic E-state index is 12.4. The molecule has 0 bridgehead atoms. The highest BCUT2D eigenvalue weighted by atomic mass is 16.6. The normalized spacial score (nSPS) is 20.6. The number of carbonyl (C=O) groups is 3. The molecule has 0 aromatic rings. The number of Topliss-reactive ketones (excluding diaryl/α,β-unsaturated/α-hetero) is 1. The van der Waals surface area contributed by atoms with E-state index in [4.69, 9.17) is 9.47 Å². The van der Waals surface area contributed by atoms with Gasteiger partial charge in [-0.2, -0.15) is 0 Å². The summed E-state index contributed by atoms with van der Waals surface area (Å²) in [6.07, 6.45) is 18.9. The fourth-order valence-electron chi connectivity index (χ4n) is 5.78. The topological polar surface area (TPSA) is 130 Å². The summed E-state index contributed by atoms with van der Waals surface area (Å²) in [6.45, 7) is 6.27. The minimum atomic E-state index is -1.04. The van der Waals surface area contributed by atoms with Gasteiger partial charge in [0.1, 0.15) is 25.1 Å². The molecule has 1 aliphatic carbocycles. The van der Waals surface area contributed by atoms with Crippen LogP contribution in [-0.4, -0.2) is 64.6 Å². The first-order chi connectivity index (χ1) is 21.2. The number of hydrogen-bond donors (Lipinski definition) is 3. The van der Waals surface area contributed by atoms with Crippen LogP contribution in [0.3, 0.4) is 0 Å². The molecule has 3 N–H and O–H groups in total. The summed E-state index contributed by atoms with van der Waals surface area (Å²) in [5.74, 6) is -0.303. The van der Waals surface area contributed by atoms with Crippen molar-refractivity contribution >= 4 is 17.7 Å². The Hall–Kier alpha value is -1.77. The molecule has 1 saturated carbocycles. The maximum absolute atomic E-state index is 12.4. The van der Waals surface area contributed by atoms with Crippen molar-refractivity contribution < 1.29 is 39.2 Å². The Morgan fingerprint density at radius 1 is 0.818 bits per heavy atom. The molecule has 1 aliphatic rings. The molecule has 8 nitrogen and oxygen atoms in total. The van der Waals surface area contributed by atoms with Crippen molar-refractivity contribution in [2.24, 2.45) is 17.8 Å². The highest BCUT2D eigenvalue weighted by Crippen LogP contribution is 2.34. The molecule has 0 saturated heterocycles. The van der Waals surface area contributed by atoms with Crippen LogP contribution in [0.5, 0.6) is 0 Å². The van der Waals surface area contributed by atoms with Gasteiger partial charge >= 0.3 is 11.9 Å². The molecule has 44 heavy (non-hydrogen) atoms. The number of esters is 2. The van der Waals surface area contributed by atoms with Crippen molar-refractivity contribution in [1.82, 2.24) is 0 Å². The second-order valence-electron chi connectivity index (χ2n) is 13.0. The van der Waals surface area contributed by atoms with Crippen LogP contribution in [0.15, 0.2) is 12.2 Å². The molecule has 6 atom stereocenters. The standard InChI is InChI=1S/C36H64O8/c1-4-6-13-19-29(37)23-24-32-31(33(39)25-34(32)40)20-15-11-12-17-22-36(42)44-27-30(38)26-43-35(41)21-16-10-8-7-9-14-18-28(3)5-2/h23-24,28-32,34,37-38,40H,4-22,25-27H2,1-3H3/b24-23+/t28?,29-,30-,31+,32+,34+/m0/s1. The third kappa shape index (κ3) is 19.6. The van der Waals surface area contributed by atoms with Crippen LogP contribution in [0.1, 0.15) is 149 Å². The first kappa shape index (κ1) is 40.3. The summed E-state index contributed by atoms with van der Waals surface area (Å²) in [5, 5.41) is 30.5. The molecular formula is C36H64O8. The van der Waals surface area contributed by atoms with Crippen LogP contribution >= 0.6 is 0 Å². The van der Waals surface area contributed by atoms with Gasteiger partial charge < -0.3 is 24.8 Å². The van der Waals surface area contributed by atoms with Crippen LogP contribution in [0, 0.1) is 17.8 Å². The Labute approximate surface area is 267 Å². The van der Waals surface area contributed by atoms with E-state index in [0.29, 0.717) is 25.7 Å². The molecule has 0 heterocycles. The second-order valence-corrected chi connectivity index (χ2v) is 13.0. The number of ketones is 1. The molecule has 8 heteroatoms. The number of ether oxygens (including phenoxy) is 2. The van der Waals surface area contributed by atoms with Crippen molar-refractivity contribution in [3.8, 4) is 0 Å². The Morgan fingerprint density at radius 3 is 1.95 bits per heavy atom. The zero-order chi connectivity index (χ0) is 32.6. The van der Waals surface area contributed by atoms with Crippen LogP contribution < -0.4 is 0 Å². The number of unbranched alkanes of at least 4 members (excludes halogenated alkanes) is 10. The van der Waals surface area contributed by atoms with Crippen molar-refractivity contribution in [2.75, 3.05) is 13.2 Å². The van der Waals surface area contributed by atoms with E-state index in [1.165, 1.54) is 32.1 Å². The molecule has 256 valence electrons. The first-order valence-corrected chi connectivity index (χ1v) is 17.7. The molecule has 0 aromatic carbocycles. The van der Waals surface area contributed by atoms with Gasteiger partial charge in [0.05, 0.1) is 12.2 Å². The zero-order valence-electron chi connectivity index (χ0n) is 28.1. The van der Waals surface area contributed by atoms with E-state index >= 15 is 0 Å². The van der Waals surface area contributed by atoms with Gasteiger partial charge in [0.2, 0.25) is 0 Å². The van der Waals surface area contributed by atoms with Gasteiger partial charge in [-0.3, -0.25) is 14.4 Å². The van der Waals surface area contributed by atoms with E-state index < -0.39 is 24.3 Å². The number of hydrogen-bond acceptors (Lipinski definition) is 8. The summed E-state index contributed by atoms with van der Waals surface area (Å²) in [6, 6.07) is 0. The predicted octanol–water partition coefficient (Wildman–Crippen LogP) is 7.00. The lowest BCUT2D eigenvalue weighted by Crippen LogP contribution is -2.25. The third-order valence-electron chi connectivity index (χ3n) is 8.94. The second kappa shape index (κ2) is 25.4. The Bertz CT molecular complexity index is 797. The third-order valence-corrected chi connectivity index (χ3v) is 8.94. The number of aliphatic hydroxyl groups is 3. The molecule has 0 amide bonds. The Morgan fingerprint density at radius 2 is 1.36 bits per heavy atom. The minimum Gasteiger partial charge on any atom is -0.463 e. The van der Waals surface area contributed by atoms with E-state index in [9.17, 15) is 29.7 Å². The van der Waals surface area contributed by atoms with E-state index in [2.05, 4.69) is 20.8 Å². The lowest BCUT2D eigenvalue weighted by molar-refractivity contribution is -0.152. The quantitative estimate of drug-likeness (QED) is 0.0506. The first-order valence-electron chi connectivity index (χ1n) is 17.7. The van der Waals surface area contributed by atoms with E-state index in [1.54, 1.807) is 6.08 Å². The van der Waals surface area contributed by atoms with Gasteiger partial charge in [0.15, 0.2) is 0 Å². The summed E-state index contributed by atoms with van der Waals surface area (Å²) >= 11 is 0. The minimum absolute atomic E-state index is 0.0821. The Balaban J connectivity index is 2.08. The van der Waals surface area contributed by atoms with Gasteiger partial charge in [-0.1, -0.05) is 116 Å². The smallest absolute Gasteiger partial charge is 0.305 e. The van der Waals surface area contributed by atoms with Crippen molar-refractivity contribution in [2.45, 2.75) is 167 Å².